The molecule has 1 fully saturated rings. The molecule has 0 radical (unpaired) electrons. The number of nitrogens with zero attached hydrogens (tertiary/aromatic N) is 2. The lowest BCUT2D eigenvalue weighted by molar-refractivity contribution is 0.0139. The van der Waals surface area contributed by atoms with Gasteiger partial charge >= 0.3 is 6.09 Å². The summed E-state index contributed by atoms with van der Waals surface area (Å²) in [5.41, 5.74) is 0.791. The fourth-order valence-corrected chi connectivity index (χ4v) is 3.13. The maximum absolute atomic E-state index is 12.1. The van der Waals surface area contributed by atoms with Crippen LogP contribution in [0.25, 0.3) is 0 Å². The second-order valence-electron chi connectivity index (χ2n) is 6.94. The predicted octanol–water partition coefficient (Wildman–Crippen LogP) is 3.90. The molecule has 1 aromatic rings. The van der Waals surface area contributed by atoms with E-state index >= 15 is 0 Å². The van der Waals surface area contributed by atoms with Crippen LogP contribution in [0.2, 0.25) is 0 Å². The zero-order chi connectivity index (χ0) is 17.7. The van der Waals surface area contributed by atoms with E-state index in [1.807, 2.05) is 33.8 Å². The van der Waals surface area contributed by atoms with Crippen LogP contribution >= 0.6 is 15.9 Å². The first kappa shape index (κ1) is 19.1. The Balaban J connectivity index is 1.85. The van der Waals surface area contributed by atoms with Crippen molar-refractivity contribution in [3.05, 3.63) is 28.2 Å². The van der Waals surface area contributed by atoms with Crippen LogP contribution in [0.15, 0.2) is 22.7 Å². The number of piperazine rings is 1. The molecule has 1 saturated heterocycles. The summed E-state index contributed by atoms with van der Waals surface area (Å²) in [5.74, 6) is 0.871. The molecule has 0 N–H and O–H groups in total. The molecule has 0 unspecified atom stereocenters. The molecule has 1 heterocycles. The smallest absolute Gasteiger partial charge is 0.410 e. The largest absolute Gasteiger partial charge is 0.493 e. The van der Waals surface area contributed by atoms with Gasteiger partial charge in [-0.05, 0) is 61.3 Å². The van der Waals surface area contributed by atoms with Gasteiger partial charge in [0.15, 0.2) is 0 Å². The van der Waals surface area contributed by atoms with Crippen molar-refractivity contribution in [2.75, 3.05) is 32.8 Å². The van der Waals surface area contributed by atoms with Gasteiger partial charge < -0.3 is 14.4 Å². The van der Waals surface area contributed by atoms with Crippen LogP contribution in [0.5, 0.6) is 5.75 Å². The highest BCUT2D eigenvalue weighted by Gasteiger charge is 2.25. The Hall–Kier alpha value is -1.27. The van der Waals surface area contributed by atoms with Crippen LogP contribution in [-0.2, 0) is 11.3 Å². The van der Waals surface area contributed by atoms with E-state index in [1.54, 1.807) is 4.90 Å². The van der Waals surface area contributed by atoms with Crippen molar-refractivity contribution in [1.29, 1.82) is 0 Å². The summed E-state index contributed by atoms with van der Waals surface area (Å²) in [4.78, 5) is 16.2. The van der Waals surface area contributed by atoms with Gasteiger partial charge in [-0.1, -0.05) is 6.07 Å². The molecule has 0 aliphatic carbocycles. The molecular formula is C18H27BrN2O3. The fourth-order valence-electron chi connectivity index (χ4n) is 2.59. The fraction of sp³-hybridized carbons (Fsp3) is 0.611. The van der Waals surface area contributed by atoms with Gasteiger partial charge in [-0.3, -0.25) is 4.90 Å². The molecule has 1 aliphatic heterocycles. The lowest BCUT2D eigenvalue weighted by Crippen LogP contribution is -2.49. The molecule has 0 spiro atoms. The van der Waals surface area contributed by atoms with Gasteiger partial charge in [0.25, 0.3) is 0 Å². The molecular weight excluding hydrogens is 372 g/mol. The second kappa shape index (κ2) is 8.21. The highest BCUT2D eigenvalue weighted by atomic mass is 79.9. The van der Waals surface area contributed by atoms with Crippen molar-refractivity contribution in [3.63, 3.8) is 0 Å². The van der Waals surface area contributed by atoms with Gasteiger partial charge in [0, 0.05) is 32.7 Å². The summed E-state index contributed by atoms with van der Waals surface area (Å²) in [6.45, 7) is 12.3. The Bertz CT molecular complexity index is 564. The molecule has 24 heavy (non-hydrogen) atoms. The average molecular weight is 399 g/mol. The number of carbonyl (C=O) groups excluding carboxylic acids is 1. The summed E-state index contributed by atoms with van der Waals surface area (Å²) in [7, 11) is 0. The van der Waals surface area contributed by atoms with E-state index in [1.165, 1.54) is 5.56 Å². The maximum atomic E-state index is 12.1. The third kappa shape index (κ3) is 5.67. The van der Waals surface area contributed by atoms with Gasteiger partial charge in [-0.15, -0.1) is 0 Å². The first-order valence-electron chi connectivity index (χ1n) is 8.40. The van der Waals surface area contributed by atoms with E-state index < -0.39 is 5.60 Å². The SMILES string of the molecule is CCOc1ccc(CN2CCN(C(=O)OC(C)(C)C)CC2)cc1Br. The monoisotopic (exact) mass is 398 g/mol. The maximum Gasteiger partial charge on any atom is 0.410 e. The summed E-state index contributed by atoms with van der Waals surface area (Å²) < 4.78 is 12.0. The molecule has 1 aromatic carbocycles. The van der Waals surface area contributed by atoms with Crippen molar-refractivity contribution in [1.82, 2.24) is 9.80 Å². The highest BCUT2D eigenvalue weighted by molar-refractivity contribution is 9.10. The molecule has 1 amide bonds. The molecule has 6 heteroatoms. The molecule has 0 atom stereocenters. The summed E-state index contributed by atoms with van der Waals surface area (Å²) in [5, 5.41) is 0. The lowest BCUT2D eigenvalue weighted by atomic mass is 10.2. The van der Waals surface area contributed by atoms with Crippen LogP contribution < -0.4 is 4.74 Å². The van der Waals surface area contributed by atoms with E-state index in [0.29, 0.717) is 19.7 Å². The normalized spacial score (nSPS) is 16.1. The Labute approximate surface area is 153 Å². The van der Waals surface area contributed by atoms with E-state index in [9.17, 15) is 4.79 Å². The quantitative estimate of drug-likeness (QED) is 0.770. The molecule has 0 saturated carbocycles. The van der Waals surface area contributed by atoms with Gasteiger partial charge in [0.1, 0.15) is 11.4 Å². The van der Waals surface area contributed by atoms with E-state index in [0.717, 1.165) is 29.9 Å². The van der Waals surface area contributed by atoms with Gasteiger partial charge in [0.05, 0.1) is 11.1 Å². The lowest BCUT2D eigenvalue weighted by Gasteiger charge is -2.35. The minimum atomic E-state index is -0.442. The molecule has 0 bridgehead atoms. The molecule has 1 aliphatic rings. The number of amides is 1. The van der Waals surface area contributed by atoms with Crippen molar-refractivity contribution >= 4 is 22.0 Å². The Morgan fingerprint density at radius 1 is 1.21 bits per heavy atom. The Kier molecular flexibility index (Phi) is 6.52. The standard InChI is InChI=1S/C18H27BrN2O3/c1-5-23-16-7-6-14(12-15(16)19)13-20-8-10-21(11-9-20)17(22)24-18(2,3)4/h6-7,12H,5,8-11,13H2,1-4H3. The number of halogens is 1. The van der Waals surface area contributed by atoms with Crippen LogP contribution in [0, 0.1) is 0 Å². The van der Waals surface area contributed by atoms with Crippen molar-refractivity contribution in [3.8, 4) is 5.75 Å². The average Bonchev–Trinajstić information content (AvgIpc) is 2.49. The summed E-state index contributed by atoms with van der Waals surface area (Å²) in [6.07, 6.45) is -0.217. The molecule has 5 nitrogen and oxygen atoms in total. The topological polar surface area (TPSA) is 42.0 Å². The van der Waals surface area contributed by atoms with Crippen molar-refractivity contribution in [2.45, 2.75) is 39.8 Å². The van der Waals surface area contributed by atoms with Crippen LogP contribution in [0.1, 0.15) is 33.3 Å². The third-order valence-electron chi connectivity index (χ3n) is 3.73. The number of hydrogen-bond acceptors (Lipinski definition) is 4. The molecule has 134 valence electrons. The second-order valence-corrected chi connectivity index (χ2v) is 7.80. The first-order valence-corrected chi connectivity index (χ1v) is 9.19. The number of hydrogen-bond donors (Lipinski definition) is 0. The van der Waals surface area contributed by atoms with Crippen LogP contribution in [0.3, 0.4) is 0 Å². The minimum absolute atomic E-state index is 0.217. The van der Waals surface area contributed by atoms with E-state index in [4.69, 9.17) is 9.47 Å². The van der Waals surface area contributed by atoms with Crippen LogP contribution in [0.4, 0.5) is 4.79 Å². The van der Waals surface area contributed by atoms with Crippen molar-refractivity contribution < 1.29 is 14.3 Å². The van der Waals surface area contributed by atoms with E-state index in [-0.39, 0.29) is 6.09 Å². The highest BCUT2D eigenvalue weighted by Crippen LogP contribution is 2.26. The molecule has 2 rings (SSSR count). The number of benzene rings is 1. The van der Waals surface area contributed by atoms with Crippen molar-refractivity contribution in [2.24, 2.45) is 0 Å². The Morgan fingerprint density at radius 2 is 1.88 bits per heavy atom. The zero-order valence-corrected chi connectivity index (χ0v) is 16.6. The predicted molar refractivity (Wildman–Crippen MR) is 98.4 cm³/mol. The van der Waals surface area contributed by atoms with Crippen LogP contribution in [-0.4, -0.2) is 54.3 Å². The first-order chi connectivity index (χ1) is 11.3. The third-order valence-corrected chi connectivity index (χ3v) is 4.35. The van der Waals surface area contributed by atoms with Gasteiger partial charge in [0.2, 0.25) is 0 Å². The number of carbonyl (C=O) groups is 1. The molecule has 0 aromatic heterocycles. The number of ether oxygens (including phenoxy) is 2. The zero-order valence-electron chi connectivity index (χ0n) is 15.0. The minimum Gasteiger partial charge on any atom is -0.493 e. The Morgan fingerprint density at radius 3 is 2.42 bits per heavy atom. The number of rotatable bonds is 4. The summed E-state index contributed by atoms with van der Waals surface area (Å²) in [6, 6.07) is 6.20. The van der Waals surface area contributed by atoms with Gasteiger partial charge in [-0.25, -0.2) is 4.79 Å². The summed E-state index contributed by atoms with van der Waals surface area (Å²) >= 11 is 3.56. The van der Waals surface area contributed by atoms with Gasteiger partial charge in [-0.2, -0.15) is 0 Å². The van der Waals surface area contributed by atoms with E-state index in [2.05, 4.69) is 33.0 Å².